The maximum Gasteiger partial charge on any atom is 0.266 e. The number of amides is 1. The van der Waals surface area contributed by atoms with Gasteiger partial charge in [-0.15, -0.1) is 0 Å². The summed E-state index contributed by atoms with van der Waals surface area (Å²) in [6, 6.07) is 19.3. The number of rotatable bonds is 5. The second-order valence-corrected chi connectivity index (χ2v) is 7.98. The molecule has 0 radical (unpaired) electrons. The van der Waals surface area contributed by atoms with Crippen LogP contribution >= 0.6 is 0 Å². The van der Waals surface area contributed by atoms with Crippen molar-refractivity contribution in [1.29, 1.82) is 0 Å². The average molecular weight is 417 g/mol. The first-order valence-electron chi connectivity index (χ1n) is 10.8. The molecule has 1 amide bonds. The van der Waals surface area contributed by atoms with Gasteiger partial charge in [-0.2, -0.15) is 5.10 Å². The largest absolute Gasteiger partial charge is 0.368 e. The fraction of sp³-hybridized carbons (Fsp3) is 0.320. The Morgan fingerprint density at radius 3 is 2.39 bits per heavy atom. The molecule has 0 bridgehead atoms. The summed E-state index contributed by atoms with van der Waals surface area (Å²) in [6.07, 6.45) is 0.272. The van der Waals surface area contributed by atoms with E-state index in [0.717, 1.165) is 24.3 Å². The Labute approximate surface area is 182 Å². The van der Waals surface area contributed by atoms with E-state index < -0.39 is 0 Å². The maximum absolute atomic E-state index is 12.8. The molecule has 1 aliphatic heterocycles. The molecule has 0 atom stereocenters. The zero-order valence-electron chi connectivity index (χ0n) is 18.1. The molecule has 0 saturated carbocycles. The summed E-state index contributed by atoms with van der Waals surface area (Å²) in [5.41, 5.74) is 5.32. The third kappa shape index (κ3) is 4.68. The molecule has 2 aromatic carbocycles. The lowest BCUT2D eigenvalue weighted by molar-refractivity contribution is -0.131. The van der Waals surface area contributed by atoms with Crippen LogP contribution in [0.4, 0.5) is 5.69 Å². The zero-order valence-corrected chi connectivity index (χ0v) is 18.1. The first-order chi connectivity index (χ1) is 15.0. The van der Waals surface area contributed by atoms with Crippen LogP contribution in [-0.4, -0.2) is 46.8 Å². The zero-order chi connectivity index (χ0) is 21.8. The molecule has 0 spiro atoms. The highest BCUT2D eigenvalue weighted by Crippen LogP contribution is 2.24. The van der Waals surface area contributed by atoms with Gasteiger partial charge in [0.05, 0.1) is 12.2 Å². The molecule has 1 fully saturated rings. The number of anilines is 1. The molecule has 160 valence electrons. The molecule has 0 unspecified atom stereocenters. The highest BCUT2D eigenvalue weighted by molar-refractivity contribution is 5.76. The van der Waals surface area contributed by atoms with Crippen LogP contribution < -0.4 is 10.5 Å². The van der Waals surface area contributed by atoms with Crippen molar-refractivity contribution in [3.05, 3.63) is 82.1 Å². The molecule has 31 heavy (non-hydrogen) atoms. The number of benzene rings is 2. The molecule has 1 saturated heterocycles. The number of piperazine rings is 1. The van der Waals surface area contributed by atoms with E-state index in [1.165, 1.54) is 27.6 Å². The number of hydrogen-bond donors (Lipinski definition) is 0. The number of carbonyl (C=O) groups excluding carboxylic acids is 1. The Morgan fingerprint density at radius 2 is 1.65 bits per heavy atom. The summed E-state index contributed by atoms with van der Waals surface area (Å²) < 4.78 is 1.40. The topological polar surface area (TPSA) is 58.4 Å². The van der Waals surface area contributed by atoms with Crippen molar-refractivity contribution in [2.75, 3.05) is 31.1 Å². The van der Waals surface area contributed by atoms with Crippen molar-refractivity contribution in [3.63, 3.8) is 0 Å². The molecule has 2 heterocycles. The standard InChI is InChI=1S/C25H28N4O2/c1-19-7-6-10-23(20(19)2)27-15-17-28(18-16-27)24(30)13-14-29-25(31)12-11-22(26-29)21-8-4-3-5-9-21/h3-12H,13-18H2,1-2H3. The Balaban J connectivity index is 1.36. The highest BCUT2D eigenvalue weighted by Gasteiger charge is 2.22. The molecule has 6 nitrogen and oxygen atoms in total. The summed E-state index contributed by atoms with van der Waals surface area (Å²) in [6.45, 7) is 7.58. The number of carbonyl (C=O) groups is 1. The van der Waals surface area contributed by atoms with E-state index in [0.29, 0.717) is 13.1 Å². The van der Waals surface area contributed by atoms with Gasteiger partial charge >= 0.3 is 0 Å². The second-order valence-electron chi connectivity index (χ2n) is 7.98. The lowest BCUT2D eigenvalue weighted by atomic mass is 10.1. The lowest BCUT2D eigenvalue weighted by Gasteiger charge is -2.37. The van der Waals surface area contributed by atoms with Gasteiger partial charge in [0, 0.05) is 49.9 Å². The number of aryl methyl sites for hydroxylation is 2. The normalized spacial score (nSPS) is 14.0. The Morgan fingerprint density at radius 1 is 0.903 bits per heavy atom. The number of aromatic nitrogens is 2. The van der Waals surface area contributed by atoms with Gasteiger partial charge < -0.3 is 9.80 Å². The van der Waals surface area contributed by atoms with Crippen LogP contribution in [0.1, 0.15) is 17.5 Å². The minimum Gasteiger partial charge on any atom is -0.368 e. The van der Waals surface area contributed by atoms with Gasteiger partial charge in [-0.05, 0) is 37.1 Å². The molecule has 6 heteroatoms. The van der Waals surface area contributed by atoms with Crippen molar-refractivity contribution >= 4 is 11.6 Å². The van der Waals surface area contributed by atoms with Crippen LogP contribution in [0.15, 0.2) is 65.5 Å². The fourth-order valence-corrected chi connectivity index (χ4v) is 4.01. The molecule has 1 aliphatic rings. The predicted octanol–water partition coefficient (Wildman–Crippen LogP) is 3.27. The predicted molar refractivity (Wildman–Crippen MR) is 123 cm³/mol. The van der Waals surface area contributed by atoms with E-state index in [1.807, 2.05) is 35.2 Å². The minimum atomic E-state index is -0.188. The smallest absolute Gasteiger partial charge is 0.266 e. The van der Waals surface area contributed by atoms with Gasteiger partial charge in [0.15, 0.2) is 0 Å². The van der Waals surface area contributed by atoms with Crippen LogP contribution in [0, 0.1) is 13.8 Å². The fourth-order valence-electron chi connectivity index (χ4n) is 4.01. The molecule has 3 aromatic rings. The Bertz CT molecular complexity index is 1120. The van der Waals surface area contributed by atoms with Gasteiger partial charge in [-0.25, -0.2) is 4.68 Å². The molecule has 0 aliphatic carbocycles. The monoisotopic (exact) mass is 416 g/mol. The summed E-state index contributed by atoms with van der Waals surface area (Å²) in [5, 5.41) is 4.45. The number of hydrogen-bond acceptors (Lipinski definition) is 4. The van der Waals surface area contributed by atoms with Crippen LogP contribution in [0.2, 0.25) is 0 Å². The van der Waals surface area contributed by atoms with Crippen LogP contribution in [-0.2, 0) is 11.3 Å². The maximum atomic E-state index is 12.8. The van der Waals surface area contributed by atoms with E-state index in [2.05, 4.69) is 42.0 Å². The lowest BCUT2D eigenvalue weighted by Crippen LogP contribution is -2.49. The van der Waals surface area contributed by atoms with Crippen LogP contribution in [0.25, 0.3) is 11.3 Å². The van der Waals surface area contributed by atoms with Crippen molar-refractivity contribution in [3.8, 4) is 11.3 Å². The van der Waals surface area contributed by atoms with E-state index >= 15 is 0 Å². The van der Waals surface area contributed by atoms with Gasteiger partial charge in [0.1, 0.15) is 0 Å². The van der Waals surface area contributed by atoms with Crippen molar-refractivity contribution < 1.29 is 4.79 Å². The SMILES string of the molecule is Cc1cccc(N2CCN(C(=O)CCn3nc(-c4ccccc4)ccc3=O)CC2)c1C. The Hall–Kier alpha value is -3.41. The van der Waals surface area contributed by atoms with E-state index in [-0.39, 0.29) is 24.4 Å². The quantitative estimate of drug-likeness (QED) is 0.641. The second kappa shape index (κ2) is 9.16. The molecular weight excluding hydrogens is 388 g/mol. The average Bonchev–Trinajstić information content (AvgIpc) is 2.81. The first-order valence-corrected chi connectivity index (χ1v) is 10.8. The summed E-state index contributed by atoms with van der Waals surface area (Å²) >= 11 is 0. The molecule has 1 aromatic heterocycles. The Kier molecular flexibility index (Phi) is 6.16. The van der Waals surface area contributed by atoms with Crippen molar-refractivity contribution in [1.82, 2.24) is 14.7 Å². The minimum absolute atomic E-state index is 0.0689. The van der Waals surface area contributed by atoms with Gasteiger partial charge in [0.2, 0.25) is 5.91 Å². The third-order valence-corrected chi connectivity index (χ3v) is 6.02. The molecule has 0 N–H and O–H groups in total. The van der Waals surface area contributed by atoms with Crippen molar-refractivity contribution in [2.24, 2.45) is 0 Å². The van der Waals surface area contributed by atoms with Crippen molar-refractivity contribution in [2.45, 2.75) is 26.8 Å². The third-order valence-electron chi connectivity index (χ3n) is 6.02. The van der Waals surface area contributed by atoms with E-state index in [4.69, 9.17) is 0 Å². The summed E-state index contributed by atoms with van der Waals surface area (Å²) in [5.74, 6) is 0.0689. The van der Waals surface area contributed by atoms with Gasteiger partial charge in [-0.3, -0.25) is 9.59 Å². The van der Waals surface area contributed by atoms with Crippen LogP contribution in [0.3, 0.4) is 0 Å². The first kappa shape index (κ1) is 20.8. The summed E-state index contributed by atoms with van der Waals surface area (Å²) in [4.78, 5) is 29.2. The number of nitrogens with zero attached hydrogens (tertiary/aromatic N) is 4. The highest BCUT2D eigenvalue weighted by atomic mass is 16.2. The molecular formula is C25H28N4O2. The van der Waals surface area contributed by atoms with E-state index in [9.17, 15) is 9.59 Å². The van der Waals surface area contributed by atoms with Gasteiger partial charge in [-0.1, -0.05) is 42.5 Å². The van der Waals surface area contributed by atoms with Gasteiger partial charge in [0.25, 0.3) is 5.56 Å². The molecule has 4 rings (SSSR count). The van der Waals surface area contributed by atoms with Crippen LogP contribution in [0.5, 0.6) is 0 Å². The summed E-state index contributed by atoms with van der Waals surface area (Å²) in [7, 11) is 0. The van der Waals surface area contributed by atoms with E-state index in [1.54, 1.807) is 6.07 Å².